The molecule has 0 bridgehead atoms. The van der Waals surface area contributed by atoms with Gasteiger partial charge in [-0.3, -0.25) is 4.79 Å². The maximum Gasteiger partial charge on any atom is 0.417 e. The number of urea groups is 1. The molecule has 0 atom stereocenters. The van der Waals surface area contributed by atoms with E-state index in [0.29, 0.717) is 31.2 Å². The van der Waals surface area contributed by atoms with E-state index in [1.807, 2.05) is 0 Å². The van der Waals surface area contributed by atoms with Gasteiger partial charge in [-0.2, -0.15) is 13.2 Å². The third kappa shape index (κ3) is 6.25. The summed E-state index contributed by atoms with van der Waals surface area (Å²) in [6.07, 6.45) is 1.94. The van der Waals surface area contributed by atoms with Crippen LogP contribution in [-0.2, 0) is 11.0 Å². The first kappa shape index (κ1) is 21.7. The zero-order valence-corrected chi connectivity index (χ0v) is 16.9. The van der Waals surface area contributed by atoms with Gasteiger partial charge < -0.3 is 15.1 Å². The number of nitrogens with zero attached hydrogens (tertiary/aromatic N) is 3. The maximum absolute atomic E-state index is 12.6. The third-order valence-corrected chi connectivity index (χ3v) is 6.19. The van der Waals surface area contributed by atoms with Gasteiger partial charge in [-0.15, -0.1) is 0 Å². The van der Waals surface area contributed by atoms with Crippen LogP contribution in [0, 0.1) is 0 Å². The van der Waals surface area contributed by atoms with Gasteiger partial charge in [0, 0.05) is 38.4 Å². The highest BCUT2D eigenvalue weighted by atomic mass is 32.2. The van der Waals surface area contributed by atoms with E-state index >= 15 is 0 Å². The van der Waals surface area contributed by atoms with Crippen LogP contribution in [0.4, 0.5) is 18.0 Å². The molecule has 0 spiro atoms. The summed E-state index contributed by atoms with van der Waals surface area (Å²) < 4.78 is 37.7. The number of carbonyl (C=O) groups is 2. The largest absolute Gasteiger partial charge is 0.417 e. The fraction of sp³-hybridized carbons (Fsp3) is 0.632. The molecule has 1 saturated carbocycles. The summed E-state index contributed by atoms with van der Waals surface area (Å²) in [7, 11) is 0. The van der Waals surface area contributed by atoms with E-state index in [4.69, 9.17) is 0 Å². The first-order valence-corrected chi connectivity index (χ1v) is 10.8. The highest BCUT2D eigenvalue weighted by molar-refractivity contribution is 7.99. The lowest BCUT2D eigenvalue weighted by Crippen LogP contribution is -2.55. The highest BCUT2D eigenvalue weighted by Gasteiger charge is 2.31. The average Bonchev–Trinajstić information content (AvgIpc) is 2.72. The number of hydrogen-bond acceptors (Lipinski definition) is 4. The number of rotatable bonds is 4. The van der Waals surface area contributed by atoms with E-state index in [2.05, 4.69) is 10.3 Å². The Morgan fingerprint density at radius 2 is 1.72 bits per heavy atom. The lowest BCUT2D eigenvalue weighted by Gasteiger charge is -2.36. The molecular weight excluding hydrogens is 405 g/mol. The quantitative estimate of drug-likeness (QED) is 0.744. The van der Waals surface area contributed by atoms with Crippen molar-refractivity contribution >= 4 is 23.7 Å². The summed E-state index contributed by atoms with van der Waals surface area (Å²) in [6.45, 7) is 1.87. The van der Waals surface area contributed by atoms with E-state index in [9.17, 15) is 22.8 Å². The molecule has 6 nitrogen and oxygen atoms in total. The molecule has 2 fully saturated rings. The van der Waals surface area contributed by atoms with E-state index < -0.39 is 11.7 Å². The molecule has 1 aliphatic heterocycles. The standard InChI is InChI=1S/C19H25F3N4O2S/c20-19(21,22)14-6-7-16(23-12-14)29-13-17(27)25-8-10-26(11-9-25)18(28)24-15-4-2-1-3-5-15/h6-7,12,15H,1-5,8-11,13H2,(H,24,28). The molecule has 0 unspecified atom stereocenters. The molecule has 160 valence electrons. The topological polar surface area (TPSA) is 65.5 Å². The van der Waals surface area contributed by atoms with Crippen molar-refractivity contribution in [3.05, 3.63) is 23.9 Å². The van der Waals surface area contributed by atoms with Crippen molar-refractivity contribution in [2.24, 2.45) is 0 Å². The van der Waals surface area contributed by atoms with Crippen molar-refractivity contribution in [1.82, 2.24) is 20.1 Å². The van der Waals surface area contributed by atoms with Crippen molar-refractivity contribution < 1.29 is 22.8 Å². The number of halogens is 3. The van der Waals surface area contributed by atoms with E-state index in [0.717, 1.165) is 49.7 Å². The van der Waals surface area contributed by atoms with Gasteiger partial charge in [0.15, 0.2) is 0 Å². The van der Waals surface area contributed by atoms with Crippen molar-refractivity contribution in [2.75, 3.05) is 31.9 Å². The second kappa shape index (κ2) is 9.69. The molecule has 29 heavy (non-hydrogen) atoms. The van der Waals surface area contributed by atoms with Crippen LogP contribution < -0.4 is 5.32 Å². The van der Waals surface area contributed by atoms with Crippen LogP contribution in [0.25, 0.3) is 0 Å². The number of hydrogen-bond donors (Lipinski definition) is 1. The van der Waals surface area contributed by atoms with E-state index in [1.165, 1.54) is 12.5 Å². The second-order valence-electron chi connectivity index (χ2n) is 7.32. The first-order chi connectivity index (χ1) is 13.8. The summed E-state index contributed by atoms with van der Waals surface area (Å²) in [6, 6.07) is 2.42. The lowest BCUT2D eigenvalue weighted by atomic mass is 9.96. The molecule has 0 radical (unpaired) electrons. The molecule has 1 aliphatic carbocycles. The van der Waals surface area contributed by atoms with E-state index in [1.54, 1.807) is 9.80 Å². The van der Waals surface area contributed by atoms with Crippen LogP contribution in [0.1, 0.15) is 37.7 Å². The number of thioether (sulfide) groups is 1. The summed E-state index contributed by atoms with van der Waals surface area (Å²) >= 11 is 1.11. The molecule has 3 amide bonds. The summed E-state index contributed by atoms with van der Waals surface area (Å²) in [5.74, 6) is -0.00357. The molecule has 1 aromatic rings. The maximum atomic E-state index is 12.6. The van der Waals surface area contributed by atoms with Crippen LogP contribution in [0.2, 0.25) is 0 Å². The Kier molecular flexibility index (Phi) is 7.26. The minimum Gasteiger partial charge on any atom is -0.338 e. The van der Waals surface area contributed by atoms with E-state index in [-0.39, 0.29) is 23.7 Å². The number of carbonyl (C=O) groups excluding carboxylic acids is 2. The van der Waals surface area contributed by atoms with Crippen LogP contribution in [0.3, 0.4) is 0 Å². The smallest absolute Gasteiger partial charge is 0.338 e. The van der Waals surface area contributed by atoms with Gasteiger partial charge in [0.05, 0.1) is 16.3 Å². The van der Waals surface area contributed by atoms with Gasteiger partial charge in [-0.1, -0.05) is 31.0 Å². The zero-order valence-electron chi connectivity index (χ0n) is 16.1. The minimum atomic E-state index is -4.42. The lowest BCUT2D eigenvalue weighted by molar-refractivity contribution is -0.138. The number of nitrogens with one attached hydrogen (secondary N) is 1. The average molecular weight is 430 g/mol. The van der Waals surface area contributed by atoms with Gasteiger partial charge in [0.1, 0.15) is 0 Å². The second-order valence-corrected chi connectivity index (χ2v) is 8.32. The molecule has 1 N–H and O–H groups in total. The molecule has 3 rings (SSSR count). The molecule has 1 saturated heterocycles. The molecule has 1 aromatic heterocycles. The normalized spacial score (nSPS) is 18.6. The van der Waals surface area contributed by atoms with Crippen molar-refractivity contribution in [2.45, 2.75) is 49.3 Å². The Balaban J connectivity index is 1.40. The molecule has 10 heteroatoms. The Morgan fingerprint density at radius 3 is 2.31 bits per heavy atom. The fourth-order valence-corrected chi connectivity index (χ4v) is 4.28. The number of alkyl halides is 3. The number of piperazine rings is 1. The monoisotopic (exact) mass is 430 g/mol. The summed E-state index contributed by atoms with van der Waals surface area (Å²) in [4.78, 5) is 31.9. The number of amides is 3. The highest BCUT2D eigenvalue weighted by Crippen LogP contribution is 2.29. The zero-order chi connectivity index (χ0) is 20.9. The molecule has 0 aromatic carbocycles. The van der Waals surface area contributed by atoms with Crippen molar-refractivity contribution in [3.8, 4) is 0 Å². The molecule has 2 heterocycles. The van der Waals surface area contributed by atoms with Gasteiger partial charge in [-0.05, 0) is 25.0 Å². The Morgan fingerprint density at radius 1 is 1.07 bits per heavy atom. The van der Waals surface area contributed by atoms with Gasteiger partial charge in [-0.25, -0.2) is 9.78 Å². The van der Waals surface area contributed by atoms with Crippen LogP contribution >= 0.6 is 11.8 Å². The minimum absolute atomic E-state index is 0.0627. The SMILES string of the molecule is O=C(CSc1ccc(C(F)(F)F)cn1)N1CCN(C(=O)NC2CCCCC2)CC1. The van der Waals surface area contributed by atoms with Gasteiger partial charge in [0.2, 0.25) is 5.91 Å². The van der Waals surface area contributed by atoms with Crippen LogP contribution in [0.15, 0.2) is 23.4 Å². The predicted octanol–water partition coefficient (Wildman–Crippen LogP) is 3.38. The predicted molar refractivity (Wildman–Crippen MR) is 104 cm³/mol. The van der Waals surface area contributed by atoms with Crippen molar-refractivity contribution in [3.63, 3.8) is 0 Å². The van der Waals surface area contributed by atoms with Crippen LogP contribution in [-0.4, -0.2) is 64.7 Å². The van der Waals surface area contributed by atoms with Crippen molar-refractivity contribution in [1.29, 1.82) is 0 Å². The number of aromatic nitrogens is 1. The van der Waals surface area contributed by atoms with Crippen LogP contribution in [0.5, 0.6) is 0 Å². The molecule has 2 aliphatic rings. The first-order valence-electron chi connectivity index (χ1n) is 9.82. The third-order valence-electron chi connectivity index (χ3n) is 5.26. The Hall–Kier alpha value is -1.97. The van der Waals surface area contributed by atoms with Gasteiger partial charge >= 0.3 is 12.2 Å². The summed E-state index contributed by atoms with van der Waals surface area (Å²) in [5, 5.41) is 3.46. The summed E-state index contributed by atoms with van der Waals surface area (Å²) in [5.41, 5.74) is -0.809. The Bertz CT molecular complexity index is 700. The fourth-order valence-electron chi connectivity index (χ4n) is 3.53. The van der Waals surface area contributed by atoms with Gasteiger partial charge in [0.25, 0.3) is 0 Å². The Labute approximate surface area is 172 Å². The molecular formula is C19H25F3N4O2S. The number of pyridine rings is 1.